The topological polar surface area (TPSA) is 29.1 Å². The van der Waals surface area contributed by atoms with E-state index in [4.69, 9.17) is 34.8 Å². The van der Waals surface area contributed by atoms with Crippen molar-refractivity contribution < 1.29 is 44.3 Å². The molecular weight excluding hydrogens is 628 g/mol. The highest BCUT2D eigenvalue weighted by atomic mass is 35.5. The smallest absolute Gasteiger partial charge is 0.346 e. The highest BCUT2D eigenvalue weighted by molar-refractivity contribution is 7.99. The molecule has 1 amide bonds. The van der Waals surface area contributed by atoms with Crippen molar-refractivity contribution in [3.05, 3.63) is 73.7 Å². The molecule has 0 aliphatic rings. The Balaban J connectivity index is 2.38. The SMILES string of the molecule is CC(C)(CSCC(F)(F)F)NC(=O)c1ccc(C=CC(c2cc(Cl)c(Cl)c(Cl)c2)C(F)(F)F)cc1C(F)(F)F. The largest absolute Gasteiger partial charge is 0.417 e. The number of nitrogens with one attached hydrogen (secondary N) is 1. The van der Waals surface area contributed by atoms with Gasteiger partial charge in [-0.2, -0.15) is 51.3 Å². The number of thioether (sulfide) groups is 1. The molecule has 0 aliphatic carbocycles. The molecule has 0 bridgehead atoms. The van der Waals surface area contributed by atoms with E-state index in [0.29, 0.717) is 23.9 Å². The Hall–Kier alpha value is -1.76. The Morgan fingerprint density at radius 1 is 0.923 bits per heavy atom. The van der Waals surface area contributed by atoms with Gasteiger partial charge in [0, 0.05) is 11.3 Å². The van der Waals surface area contributed by atoms with Gasteiger partial charge in [-0.15, -0.1) is 0 Å². The van der Waals surface area contributed by atoms with Gasteiger partial charge >= 0.3 is 18.5 Å². The summed E-state index contributed by atoms with van der Waals surface area (Å²) in [6, 6.07) is 4.13. The molecule has 0 aliphatic heterocycles. The Kier molecular flexibility index (Phi) is 10.6. The summed E-state index contributed by atoms with van der Waals surface area (Å²) in [7, 11) is 0. The van der Waals surface area contributed by atoms with Crippen molar-refractivity contribution in [2.24, 2.45) is 0 Å². The van der Waals surface area contributed by atoms with Crippen LogP contribution in [0.1, 0.15) is 46.8 Å². The summed E-state index contributed by atoms with van der Waals surface area (Å²) in [5.41, 5.74) is -4.32. The molecule has 0 saturated carbocycles. The summed E-state index contributed by atoms with van der Waals surface area (Å²) in [5.74, 6) is -4.99. The normalized spacial score (nSPS) is 14.1. The molecule has 0 saturated heterocycles. The number of amides is 1. The van der Waals surface area contributed by atoms with Crippen LogP contribution in [0.2, 0.25) is 15.1 Å². The zero-order valence-electron chi connectivity index (χ0n) is 19.9. The summed E-state index contributed by atoms with van der Waals surface area (Å²) in [4.78, 5) is 12.6. The molecule has 2 nitrogen and oxygen atoms in total. The van der Waals surface area contributed by atoms with Crippen LogP contribution in [0.3, 0.4) is 0 Å². The van der Waals surface area contributed by atoms with Gasteiger partial charge in [0.2, 0.25) is 0 Å². The van der Waals surface area contributed by atoms with Crippen LogP contribution in [0.5, 0.6) is 0 Å². The van der Waals surface area contributed by atoms with E-state index in [1.54, 1.807) is 0 Å². The Labute approximate surface area is 236 Å². The van der Waals surface area contributed by atoms with E-state index >= 15 is 0 Å². The quantitative estimate of drug-likeness (QED) is 0.229. The molecule has 15 heteroatoms. The second-order valence-electron chi connectivity index (χ2n) is 8.93. The molecule has 1 N–H and O–H groups in total. The van der Waals surface area contributed by atoms with Gasteiger partial charge in [-0.3, -0.25) is 4.79 Å². The van der Waals surface area contributed by atoms with Crippen molar-refractivity contribution in [3.63, 3.8) is 0 Å². The molecular formula is C24H19Cl3F9NOS. The van der Waals surface area contributed by atoms with Crippen molar-refractivity contribution in [2.75, 3.05) is 11.5 Å². The molecule has 0 heterocycles. The van der Waals surface area contributed by atoms with Gasteiger partial charge in [-0.1, -0.05) is 53.0 Å². The third-order valence-electron chi connectivity index (χ3n) is 4.97. The van der Waals surface area contributed by atoms with Crippen LogP contribution in [0.15, 0.2) is 36.4 Å². The van der Waals surface area contributed by atoms with Gasteiger partial charge in [0.25, 0.3) is 5.91 Å². The maximum atomic E-state index is 13.8. The average Bonchev–Trinajstić information content (AvgIpc) is 2.74. The zero-order valence-corrected chi connectivity index (χ0v) is 23.0. The number of rotatable bonds is 8. The van der Waals surface area contributed by atoms with E-state index in [0.717, 1.165) is 30.3 Å². The van der Waals surface area contributed by atoms with Gasteiger partial charge < -0.3 is 5.32 Å². The van der Waals surface area contributed by atoms with Crippen LogP contribution >= 0.6 is 46.6 Å². The van der Waals surface area contributed by atoms with Gasteiger partial charge in [0.1, 0.15) is 0 Å². The second kappa shape index (κ2) is 12.4. The van der Waals surface area contributed by atoms with Crippen molar-refractivity contribution in [2.45, 2.75) is 43.8 Å². The van der Waals surface area contributed by atoms with Crippen LogP contribution in [-0.2, 0) is 6.18 Å². The van der Waals surface area contributed by atoms with Crippen LogP contribution in [0.4, 0.5) is 39.5 Å². The van der Waals surface area contributed by atoms with Crippen molar-refractivity contribution in [1.82, 2.24) is 5.32 Å². The molecule has 0 aromatic heterocycles. The maximum absolute atomic E-state index is 13.8. The second-order valence-corrected chi connectivity index (χ2v) is 11.1. The summed E-state index contributed by atoms with van der Waals surface area (Å²) in [6.07, 6.45) is -13.0. The van der Waals surface area contributed by atoms with Gasteiger partial charge in [-0.25, -0.2) is 0 Å². The minimum atomic E-state index is -5.08. The van der Waals surface area contributed by atoms with E-state index in [1.807, 2.05) is 0 Å². The van der Waals surface area contributed by atoms with E-state index in [1.165, 1.54) is 13.8 Å². The first kappa shape index (κ1) is 33.4. The van der Waals surface area contributed by atoms with Crippen LogP contribution in [0.25, 0.3) is 6.08 Å². The number of allylic oxidation sites excluding steroid dienone is 1. The maximum Gasteiger partial charge on any atom is 0.417 e. The summed E-state index contributed by atoms with van der Waals surface area (Å²) in [6.45, 7) is 2.68. The Bertz CT molecular complexity index is 1200. The van der Waals surface area contributed by atoms with Crippen LogP contribution in [-0.4, -0.2) is 35.3 Å². The van der Waals surface area contributed by atoms with Gasteiger partial charge in [0.05, 0.1) is 37.9 Å². The number of halogens is 12. The van der Waals surface area contributed by atoms with Crippen molar-refractivity contribution in [1.29, 1.82) is 0 Å². The third kappa shape index (κ3) is 9.98. The highest BCUT2D eigenvalue weighted by Gasteiger charge is 2.40. The highest BCUT2D eigenvalue weighted by Crippen LogP contribution is 2.41. The number of carbonyl (C=O) groups is 1. The fraction of sp³-hybridized carbons (Fsp3) is 0.375. The summed E-state index contributed by atoms with van der Waals surface area (Å²) in [5, 5.41) is 1.59. The molecule has 1 unspecified atom stereocenters. The van der Waals surface area contributed by atoms with Gasteiger partial charge in [-0.05, 0) is 49.2 Å². The molecule has 2 rings (SSSR count). The standard InChI is InChI=1S/C24H19Cl3F9NOS/c1-21(2,10-39-11-22(28,29)30)37-20(38)14-5-3-12(7-16(14)24(34,35)36)4-6-15(23(31,32)33)13-8-17(25)19(27)18(26)9-13/h3-9,15H,10-11H2,1-2H3,(H,37,38). The van der Waals surface area contributed by atoms with E-state index in [-0.39, 0.29) is 26.4 Å². The van der Waals surface area contributed by atoms with Crippen molar-refractivity contribution in [3.8, 4) is 0 Å². The lowest BCUT2D eigenvalue weighted by atomic mass is 9.96. The first-order valence-electron chi connectivity index (χ1n) is 10.7. The first-order valence-corrected chi connectivity index (χ1v) is 13.0. The van der Waals surface area contributed by atoms with Crippen molar-refractivity contribution >= 4 is 58.5 Å². The minimum Gasteiger partial charge on any atom is -0.346 e. The Morgan fingerprint density at radius 2 is 1.49 bits per heavy atom. The molecule has 39 heavy (non-hydrogen) atoms. The fourth-order valence-corrected chi connectivity index (χ4v) is 4.83. The summed E-state index contributed by atoms with van der Waals surface area (Å²) < 4.78 is 120. The third-order valence-corrected chi connectivity index (χ3v) is 7.63. The summed E-state index contributed by atoms with van der Waals surface area (Å²) >= 11 is 17.9. The molecule has 2 aromatic carbocycles. The number of hydrogen-bond donors (Lipinski definition) is 1. The molecule has 216 valence electrons. The first-order chi connectivity index (χ1) is 17.6. The van der Waals surface area contributed by atoms with E-state index in [2.05, 4.69) is 5.32 Å². The lowest BCUT2D eigenvalue weighted by Crippen LogP contribution is -2.46. The fourth-order valence-electron chi connectivity index (χ4n) is 3.30. The molecule has 2 aromatic rings. The van der Waals surface area contributed by atoms with Crippen LogP contribution < -0.4 is 5.32 Å². The monoisotopic (exact) mass is 645 g/mol. The number of benzene rings is 2. The zero-order chi connectivity index (χ0) is 30.0. The predicted molar refractivity (Wildman–Crippen MR) is 136 cm³/mol. The van der Waals surface area contributed by atoms with Crippen LogP contribution in [0, 0.1) is 0 Å². The minimum absolute atomic E-state index is 0.169. The number of carbonyl (C=O) groups excluding carboxylic acids is 1. The van der Waals surface area contributed by atoms with E-state index < -0.39 is 58.3 Å². The number of hydrogen-bond acceptors (Lipinski definition) is 2. The number of alkyl halides is 9. The Morgan fingerprint density at radius 3 is 1.97 bits per heavy atom. The predicted octanol–water partition coefficient (Wildman–Crippen LogP) is 9.83. The lowest BCUT2D eigenvalue weighted by Gasteiger charge is -2.27. The van der Waals surface area contributed by atoms with E-state index in [9.17, 15) is 44.3 Å². The van der Waals surface area contributed by atoms with Gasteiger partial charge in [0.15, 0.2) is 0 Å². The molecule has 0 fully saturated rings. The lowest BCUT2D eigenvalue weighted by molar-refractivity contribution is -0.139. The molecule has 1 atom stereocenters. The molecule has 0 radical (unpaired) electrons. The average molecular weight is 647 g/mol. The molecule has 0 spiro atoms.